The van der Waals surface area contributed by atoms with Crippen molar-refractivity contribution >= 4 is 27.6 Å². The number of benzene rings is 2. The van der Waals surface area contributed by atoms with Crippen molar-refractivity contribution in [2.24, 2.45) is 0 Å². The molecule has 8 nitrogen and oxygen atoms in total. The standard InChI is InChI=1S/C18H20N2O6S/c1-25-16-8-6-13(7-9-16)11-19-17(21)12-26-18(22)14-4-3-5-15(10-14)20-27(2,23)24/h3-10,20H,11-12H2,1-2H3,(H,19,21). The molecule has 0 saturated carbocycles. The van der Waals surface area contributed by atoms with Gasteiger partial charge in [0.1, 0.15) is 5.75 Å². The molecule has 0 atom stereocenters. The van der Waals surface area contributed by atoms with Crippen LogP contribution in [0.4, 0.5) is 5.69 Å². The van der Waals surface area contributed by atoms with Gasteiger partial charge in [-0.05, 0) is 35.9 Å². The first-order chi connectivity index (χ1) is 12.8. The van der Waals surface area contributed by atoms with E-state index < -0.39 is 28.5 Å². The molecule has 0 bridgehead atoms. The van der Waals surface area contributed by atoms with Gasteiger partial charge in [-0.25, -0.2) is 13.2 Å². The smallest absolute Gasteiger partial charge is 0.338 e. The molecule has 0 spiro atoms. The number of carbonyl (C=O) groups is 2. The summed E-state index contributed by atoms with van der Waals surface area (Å²) >= 11 is 0. The SMILES string of the molecule is COc1ccc(CNC(=O)COC(=O)c2cccc(NS(C)(=O)=O)c2)cc1. The first-order valence-corrected chi connectivity index (χ1v) is 9.80. The fourth-order valence-corrected chi connectivity index (χ4v) is 2.69. The minimum atomic E-state index is -3.46. The lowest BCUT2D eigenvalue weighted by molar-refractivity contribution is -0.124. The van der Waals surface area contributed by atoms with Crippen molar-refractivity contribution in [3.05, 3.63) is 59.7 Å². The average Bonchev–Trinajstić information content (AvgIpc) is 2.63. The Labute approximate surface area is 157 Å². The molecule has 2 aromatic carbocycles. The van der Waals surface area contributed by atoms with Gasteiger partial charge in [0.2, 0.25) is 10.0 Å². The van der Waals surface area contributed by atoms with Crippen LogP contribution in [-0.4, -0.2) is 40.3 Å². The number of carbonyl (C=O) groups excluding carboxylic acids is 2. The van der Waals surface area contributed by atoms with E-state index in [4.69, 9.17) is 9.47 Å². The topological polar surface area (TPSA) is 111 Å². The summed E-state index contributed by atoms with van der Waals surface area (Å²) in [4.78, 5) is 23.8. The highest BCUT2D eigenvalue weighted by molar-refractivity contribution is 7.92. The lowest BCUT2D eigenvalue weighted by Crippen LogP contribution is -2.28. The van der Waals surface area contributed by atoms with Gasteiger partial charge in [-0.1, -0.05) is 18.2 Å². The molecule has 0 unspecified atom stereocenters. The van der Waals surface area contributed by atoms with Crippen LogP contribution in [0.1, 0.15) is 15.9 Å². The van der Waals surface area contributed by atoms with Crippen LogP contribution in [0.2, 0.25) is 0 Å². The summed E-state index contributed by atoms with van der Waals surface area (Å²) in [5.41, 5.74) is 1.23. The molecule has 2 aromatic rings. The van der Waals surface area contributed by atoms with Crippen molar-refractivity contribution in [2.75, 3.05) is 24.7 Å². The Hall–Kier alpha value is -3.07. The Morgan fingerprint density at radius 1 is 1.07 bits per heavy atom. The lowest BCUT2D eigenvalue weighted by Gasteiger charge is -2.08. The number of amides is 1. The second-order valence-corrected chi connectivity index (χ2v) is 7.40. The quantitative estimate of drug-likeness (QED) is 0.660. The van der Waals surface area contributed by atoms with Crippen molar-refractivity contribution in [3.63, 3.8) is 0 Å². The van der Waals surface area contributed by atoms with E-state index in [1.54, 1.807) is 19.2 Å². The number of methoxy groups -OCH3 is 1. The predicted molar refractivity (Wildman–Crippen MR) is 100 cm³/mol. The van der Waals surface area contributed by atoms with Gasteiger partial charge < -0.3 is 14.8 Å². The fourth-order valence-electron chi connectivity index (χ4n) is 2.13. The first-order valence-electron chi connectivity index (χ1n) is 7.91. The van der Waals surface area contributed by atoms with Crippen LogP contribution in [0.25, 0.3) is 0 Å². The highest BCUT2D eigenvalue weighted by Crippen LogP contribution is 2.13. The third kappa shape index (κ3) is 6.98. The average molecular weight is 392 g/mol. The van der Waals surface area contributed by atoms with E-state index in [-0.39, 0.29) is 17.8 Å². The zero-order valence-corrected chi connectivity index (χ0v) is 15.7. The molecule has 0 aliphatic carbocycles. The minimum absolute atomic E-state index is 0.131. The summed E-state index contributed by atoms with van der Waals surface area (Å²) in [7, 11) is -1.89. The van der Waals surface area contributed by atoms with E-state index in [1.165, 1.54) is 24.3 Å². The Bertz CT molecular complexity index is 910. The molecule has 2 N–H and O–H groups in total. The summed E-state index contributed by atoms with van der Waals surface area (Å²) in [5.74, 6) is -0.470. The third-order valence-electron chi connectivity index (χ3n) is 3.38. The maximum atomic E-state index is 12.0. The molecule has 9 heteroatoms. The van der Waals surface area contributed by atoms with Crippen LogP contribution in [-0.2, 0) is 26.1 Å². The molecule has 0 aliphatic rings. The number of hydrogen-bond acceptors (Lipinski definition) is 6. The molecule has 0 radical (unpaired) electrons. The zero-order chi connectivity index (χ0) is 19.9. The van der Waals surface area contributed by atoms with Crippen molar-refractivity contribution in [3.8, 4) is 5.75 Å². The number of nitrogens with one attached hydrogen (secondary N) is 2. The predicted octanol–water partition coefficient (Wildman–Crippen LogP) is 1.54. The number of ether oxygens (including phenoxy) is 2. The molecule has 0 saturated heterocycles. The maximum Gasteiger partial charge on any atom is 0.338 e. The molecule has 0 aliphatic heterocycles. The van der Waals surface area contributed by atoms with Gasteiger partial charge in [0.25, 0.3) is 5.91 Å². The number of sulfonamides is 1. The number of anilines is 1. The van der Waals surface area contributed by atoms with E-state index in [0.29, 0.717) is 5.75 Å². The third-order valence-corrected chi connectivity index (χ3v) is 3.99. The molecule has 0 heterocycles. The van der Waals surface area contributed by atoms with Crippen LogP contribution < -0.4 is 14.8 Å². The van der Waals surface area contributed by atoms with Crippen LogP contribution >= 0.6 is 0 Å². The van der Waals surface area contributed by atoms with E-state index in [2.05, 4.69) is 10.0 Å². The van der Waals surface area contributed by atoms with E-state index >= 15 is 0 Å². The van der Waals surface area contributed by atoms with Gasteiger partial charge in [-0.2, -0.15) is 0 Å². The second kappa shape index (κ2) is 9.04. The monoisotopic (exact) mass is 392 g/mol. The van der Waals surface area contributed by atoms with Crippen molar-refractivity contribution in [1.82, 2.24) is 5.32 Å². The van der Waals surface area contributed by atoms with Gasteiger partial charge in [-0.3, -0.25) is 9.52 Å². The normalized spacial score (nSPS) is 10.7. The van der Waals surface area contributed by atoms with Gasteiger partial charge in [0.05, 0.1) is 18.9 Å². The molecule has 0 aromatic heterocycles. The minimum Gasteiger partial charge on any atom is -0.497 e. The van der Waals surface area contributed by atoms with Gasteiger partial charge in [0.15, 0.2) is 6.61 Å². The first kappa shape index (κ1) is 20.2. The molecule has 0 fully saturated rings. The molecule has 27 heavy (non-hydrogen) atoms. The number of esters is 1. The molecule has 144 valence electrons. The summed E-state index contributed by atoms with van der Waals surface area (Å²) in [5, 5.41) is 2.64. The van der Waals surface area contributed by atoms with Crippen LogP contribution in [0.15, 0.2) is 48.5 Å². The molecule has 2 rings (SSSR count). The van der Waals surface area contributed by atoms with E-state index in [0.717, 1.165) is 11.8 Å². The second-order valence-electron chi connectivity index (χ2n) is 5.66. The highest BCUT2D eigenvalue weighted by atomic mass is 32.2. The summed E-state index contributed by atoms with van der Waals surface area (Å²) in [6, 6.07) is 13.0. The maximum absolute atomic E-state index is 12.0. The largest absolute Gasteiger partial charge is 0.497 e. The molecular weight excluding hydrogens is 372 g/mol. The summed E-state index contributed by atoms with van der Waals surface area (Å²) < 4.78 is 34.7. The Morgan fingerprint density at radius 2 is 1.78 bits per heavy atom. The van der Waals surface area contributed by atoms with Crippen molar-refractivity contribution in [2.45, 2.75) is 6.54 Å². The van der Waals surface area contributed by atoms with Gasteiger partial charge in [0, 0.05) is 12.2 Å². The Balaban J connectivity index is 1.83. The summed E-state index contributed by atoms with van der Waals surface area (Å²) in [6.07, 6.45) is 1.01. The number of rotatable bonds is 8. The van der Waals surface area contributed by atoms with Crippen molar-refractivity contribution < 1.29 is 27.5 Å². The van der Waals surface area contributed by atoms with Gasteiger partial charge >= 0.3 is 5.97 Å². The van der Waals surface area contributed by atoms with Gasteiger partial charge in [-0.15, -0.1) is 0 Å². The Kier molecular flexibility index (Phi) is 6.78. The van der Waals surface area contributed by atoms with Crippen LogP contribution in [0.3, 0.4) is 0 Å². The summed E-state index contributed by atoms with van der Waals surface area (Å²) in [6.45, 7) is -0.160. The highest BCUT2D eigenvalue weighted by Gasteiger charge is 2.12. The molecule has 1 amide bonds. The fraction of sp³-hybridized carbons (Fsp3) is 0.222. The van der Waals surface area contributed by atoms with Crippen molar-refractivity contribution in [1.29, 1.82) is 0 Å². The Morgan fingerprint density at radius 3 is 2.41 bits per heavy atom. The zero-order valence-electron chi connectivity index (χ0n) is 14.9. The lowest BCUT2D eigenvalue weighted by atomic mass is 10.2. The van der Waals surface area contributed by atoms with E-state index in [9.17, 15) is 18.0 Å². The van der Waals surface area contributed by atoms with E-state index in [1.807, 2.05) is 12.1 Å². The number of hydrogen-bond donors (Lipinski definition) is 2. The van der Waals surface area contributed by atoms with Crippen LogP contribution in [0, 0.1) is 0 Å². The van der Waals surface area contributed by atoms with Crippen LogP contribution in [0.5, 0.6) is 5.75 Å². The molecular formula is C18H20N2O6S.